The van der Waals surface area contributed by atoms with Gasteiger partial charge in [-0.05, 0) is 20.3 Å². The number of nitrogens with one attached hydrogen (secondary N) is 1. The SMILES string of the molecule is CCN(CC(=O)N[C@H]1CCS(=O)(=O)C1)S(=O)(=O)c1c(C)noc1C. The predicted molar refractivity (Wildman–Crippen MR) is 85.6 cm³/mol. The van der Waals surface area contributed by atoms with Gasteiger partial charge in [-0.3, -0.25) is 4.79 Å². The number of aryl methyl sites for hydroxylation is 2. The van der Waals surface area contributed by atoms with Crippen molar-refractivity contribution in [3.8, 4) is 0 Å². The third-order valence-corrected chi connectivity index (χ3v) is 7.77. The van der Waals surface area contributed by atoms with E-state index >= 15 is 0 Å². The van der Waals surface area contributed by atoms with Crippen LogP contribution in [0.25, 0.3) is 0 Å². The molecule has 1 aromatic heterocycles. The van der Waals surface area contributed by atoms with Gasteiger partial charge in [-0.25, -0.2) is 16.8 Å². The van der Waals surface area contributed by atoms with E-state index in [1.165, 1.54) is 13.8 Å². The van der Waals surface area contributed by atoms with Gasteiger partial charge in [-0.1, -0.05) is 12.1 Å². The first kappa shape index (κ1) is 18.9. The number of rotatable bonds is 6. The number of nitrogens with zero attached hydrogens (tertiary/aromatic N) is 2. The van der Waals surface area contributed by atoms with E-state index in [-0.39, 0.29) is 40.9 Å². The van der Waals surface area contributed by atoms with Gasteiger partial charge in [-0.2, -0.15) is 4.31 Å². The number of hydrogen-bond donors (Lipinski definition) is 1. The average molecular weight is 379 g/mol. The highest BCUT2D eigenvalue weighted by atomic mass is 32.2. The lowest BCUT2D eigenvalue weighted by atomic mass is 10.2. The highest BCUT2D eigenvalue weighted by Gasteiger charge is 2.33. The molecule has 0 aromatic carbocycles. The van der Waals surface area contributed by atoms with Gasteiger partial charge >= 0.3 is 0 Å². The van der Waals surface area contributed by atoms with Crippen LogP contribution in [0.2, 0.25) is 0 Å². The molecule has 0 spiro atoms. The Labute approximate surface area is 141 Å². The van der Waals surface area contributed by atoms with E-state index in [9.17, 15) is 21.6 Å². The average Bonchev–Trinajstić information content (AvgIpc) is 2.98. The summed E-state index contributed by atoms with van der Waals surface area (Å²) in [6.45, 7) is 4.32. The molecule has 2 rings (SSSR count). The van der Waals surface area contributed by atoms with E-state index in [1.54, 1.807) is 6.92 Å². The Morgan fingerprint density at radius 2 is 2.08 bits per heavy atom. The Kier molecular flexibility index (Phi) is 5.35. The van der Waals surface area contributed by atoms with Crippen molar-refractivity contribution in [2.24, 2.45) is 0 Å². The number of sulfonamides is 1. The standard InChI is InChI=1S/C13H21N3O6S2/c1-4-16(24(20,21)13-9(2)15-22-10(13)3)7-12(17)14-11-5-6-23(18,19)8-11/h11H,4-8H2,1-3H3,(H,14,17)/t11-/m0/s1. The molecule has 11 heteroatoms. The van der Waals surface area contributed by atoms with Crippen molar-refractivity contribution < 1.29 is 26.2 Å². The molecule has 0 unspecified atom stereocenters. The summed E-state index contributed by atoms with van der Waals surface area (Å²) >= 11 is 0. The Bertz CT molecular complexity index is 808. The molecule has 24 heavy (non-hydrogen) atoms. The smallest absolute Gasteiger partial charge is 0.248 e. The number of sulfone groups is 1. The van der Waals surface area contributed by atoms with Crippen molar-refractivity contribution in [3.63, 3.8) is 0 Å². The van der Waals surface area contributed by atoms with Gasteiger partial charge < -0.3 is 9.84 Å². The second-order valence-electron chi connectivity index (χ2n) is 5.75. The van der Waals surface area contributed by atoms with Crippen LogP contribution in [-0.4, -0.2) is 62.8 Å². The molecule has 1 fully saturated rings. The van der Waals surface area contributed by atoms with E-state index in [2.05, 4.69) is 10.5 Å². The van der Waals surface area contributed by atoms with E-state index < -0.39 is 31.8 Å². The van der Waals surface area contributed by atoms with Crippen LogP contribution in [0.1, 0.15) is 24.8 Å². The van der Waals surface area contributed by atoms with Crippen LogP contribution in [-0.2, 0) is 24.7 Å². The Hall–Kier alpha value is -1.46. The molecule has 0 bridgehead atoms. The number of amides is 1. The molecule has 1 aliphatic rings. The molecule has 1 atom stereocenters. The van der Waals surface area contributed by atoms with Crippen LogP contribution in [0.5, 0.6) is 0 Å². The third-order valence-electron chi connectivity index (χ3n) is 3.84. The monoisotopic (exact) mass is 379 g/mol. The minimum atomic E-state index is -3.92. The van der Waals surface area contributed by atoms with E-state index in [0.29, 0.717) is 6.42 Å². The van der Waals surface area contributed by atoms with Crippen molar-refractivity contribution >= 4 is 25.8 Å². The zero-order chi connectivity index (χ0) is 18.1. The number of hydrogen-bond acceptors (Lipinski definition) is 7. The summed E-state index contributed by atoms with van der Waals surface area (Å²) in [6, 6.07) is -0.469. The quantitative estimate of drug-likeness (QED) is 0.713. The van der Waals surface area contributed by atoms with Gasteiger partial charge in [0.05, 0.1) is 18.1 Å². The molecule has 1 aliphatic heterocycles. The van der Waals surface area contributed by atoms with Crippen LogP contribution >= 0.6 is 0 Å². The normalized spacial score (nSPS) is 20.4. The zero-order valence-electron chi connectivity index (χ0n) is 13.8. The summed E-state index contributed by atoms with van der Waals surface area (Å²) in [4.78, 5) is 12.1. The van der Waals surface area contributed by atoms with Crippen LogP contribution in [0.3, 0.4) is 0 Å². The van der Waals surface area contributed by atoms with Crippen molar-refractivity contribution in [2.75, 3.05) is 24.6 Å². The molecular weight excluding hydrogens is 358 g/mol. The molecule has 136 valence electrons. The second kappa shape index (κ2) is 6.81. The van der Waals surface area contributed by atoms with Crippen molar-refractivity contribution in [1.29, 1.82) is 0 Å². The molecule has 0 radical (unpaired) electrons. The number of carbonyl (C=O) groups is 1. The molecule has 2 heterocycles. The first-order valence-corrected chi connectivity index (χ1v) is 10.8. The number of likely N-dealkylation sites (N-methyl/N-ethyl adjacent to an activating group) is 1. The van der Waals surface area contributed by atoms with E-state index in [4.69, 9.17) is 4.52 Å². The molecule has 1 saturated heterocycles. The lowest BCUT2D eigenvalue weighted by Crippen LogP contribution is -2.44. The molecule has 0 aliphatic carbocycles. The Morgan fingerprint density at radius 1 is 1.42 bits per heavy atom. The largest absolute Gasteiger partial charge is 0.360 e. The summed E-state index contributed by atoms with van der Waals surface area (Å²) in [5.74, 6) is -0.448. The van der Waals surface area contributed by atoms with Gasteiger partial charge in [0.15, 0.2) is 15.6 Å². The van der Waals surface area contributed by atoms with E-state index in [0.717, 1.165) is 4.31 Å². The van der Waals surface area contributed by atoms with Crippen molar-refractivity contribution in [1.82, 2.24) is 14.8 Å². The van der Waals surface area contributed by atoms with Crippen LogP contribution < -0.4 is 5.32 Å². The van der Waals surface area contributed by atoms with Gasteiger partial charge in [0.2, 0.25) is 15.9 Å². The van der Waals surface area contributed by atoms with E-state index in [1.807, 2.05) is 0 Å². The van der Waals surface area contributed by atoms with Gasteiger partial charge in [0.25, 0.3) is 0 Å². The van der Waals surface area contributed by atoms with Crippen molar-refractivity contribution in [2.45, 2.75) is 38.1 Å². The minimum Gasteiger partial charge on any atom is -0.360 e. The third kappa shape index (κ3) is 3.95. The fourth-order valence-corrected chi connectivity index (χ4v) is 6.05. The fraction of sp³-hybridized carbons (Fsp3) is 0.692. The van der Waals surface area contributed by atoms with Crippen LogP contribution in [0.4, 0.5) is 0 Å². The summed E-state index contributed by atoms with van der Waals surface area (Å²) in [5, 5.41) is 6.21. The highest BCUT2D eigenvalue weighted by Crippen LogP contribution is 2.23. The first-order chi connectivity index (χ1) is 11.1. The molecule has 9 nitrogen and oxygen atoms in total. The maximum absolute atomic E-state index is 12.7. The molecule has 1 N–H and O–H groups in total. The van der Waals surface area contributed by atoms with Crippen LogP contribution in [0, 0.1) is 13.8 Å². The summed E-state index contributed by atoms with van der Waals surface area (Å²) in [7, 11) is -7.04. The molecule has 1 amide bonds. The van der Waals surface area contributed by atoms with Crippen LogP contribution in [0.15, 0.2) is 9.42 Å². The molecule has 1 aromatic rings. The van der Waals surface area contributed by atoms with Gasteiger partial charge in [0, 0.05) is 12.6 Å². The lowest BCUT2D eigenvalue weighted by Gasteiger charge is -2.20. The first-order valence-electron chi connectivity index (χ1n) is 7.49. The predicted octanol–water partition coefficient (Wildman–Crippen LogP) is -0.395. The highest BCUT2D eigenvalue weighted by molar-refractivity contribution is 7.91. The van der Waals surface area contributed by atoms with Gasteiger partial charge in [0.1, 0.15) is 10.6 Å². The number of carbonyl (C=O) groups excluding carboxylic acids is 1. The topological polar surface area (TPSA) is 127 Å². The summed E-state index contributed by atoms with van der Waals surface area (Å²) < 4.78 is 54.1. The summed E-state index contributed by atoms with van der Waals surface area (Å²) in [5.41, 5.74) is 0.230. The zero-order valence-corrected chi connectivity index (χ0v) is 15.4. The maximum atomic E-state index is 12.7. The molecule has 0 saturated carbocycles. The Balaban J connectivity index is 2.10. The fourth-order valence-electron chi connectivity index (χ4n) is 2.68. The summed E-state index contributed by atoms with van der Waals surface area (Å²) in [6.07, 6.45) is 0.344. The number of aromatic nitrogens is 1. The second-order valence-corrected chi connectivity index (χ2v) is 9.86. The molecular formula is C13H21N3O6S2. The maximum Gasteiger partial charge on any atom is 0.248 e. The Morgan fingerprint density at radius 3 is 2.54 bits per heavy atom. The lowest BCUT2D eigenvalue weighted by molar-refractivity contribution is -0.121. The van der Waals surface area contributed by atoms with Crippen molar-refractivity contribution in [3.05, 3.63) is 11.5 Å². The van der Waals surface area contributed by atoms with Gasteiger partial charge in [-0.15, -0.1) is 0 Å². The minimum absolute atomic E-state index is 0.0345.